The van der Waals surface area contributed by atoms with E-state index in [1.807, 2.05) is 0 Å². The van der Waals surface area contributed by atoms with Crippen LogP contribution in [-0.4, -0.2) is 41.8 Å². The van der Waals surface area contributed by atoms with Crippen LogP contribution in [-0.2, 0) is 0 Å². The summed E-state index contributed by atoms with van der Waals surface area (Å²) in [4.78, 5) is 2.25. The molecule has 0 saturated heterocycles. The zero-order valence-corrected chi connectivity index (χ0v) is 8.45. The van der Waals surface area contributed by atoms with E-state index in [0.717, 1.165) is 13.0 Å². The highest BCUT2D eigenvalue weighted by atomic mass is 16.3. The molecule has 3 nitrogen and oxygen atoms in total. The lowest BCUT2D eigenvalue weighted by Crippen LogP contribution is -2.47. The molecule has 0 rings (SSSR count). The van der Waals surface area contributed by atoms with Gasteiger partial charge >= 0.3 is 0 Å². The van der Waals surface area contributed by atoms with Crippen molar-refractivity contribution in [3.8, 4) is 0 Å². The van der Waals surface area contributed by atoms with E-state index in [-0.39, 0.29) is 12.6 Å². The van der Waals surface area contributed by atoms with Gasteiger partial charge in [0.2, 0.25) is 0 Å². The number of likely N-dealkylation sites (N-methyl/N-ethyl adjacent to an activating group) is 1. The molecule has 0 aromatic rings. The van der Waals surface area contributed by atoms with Crippen molar-refractivity contribution in [2.45, 2.75) is 39.3 Å². The second kappa shape index (κ2) is 6.40. The first-order valence-electron chi connectivity index (χ1n) is 4.77. The highest BCUT2D eigenvalue weighted by Crippen LogP contribution is 2.07. The maximum Gasteiger partial charge on any atom is 0.0599 e. The number of nitrogens with two attached hydrogens (primary N) is 1. The summed E-state index contributed by atoms with van der Waals surface area (Å²) in [5.41, 5.74) is 5.55. The highest BCUT2D eigenvalue weighted by molar-refractivity contribution is 4.75. The van der Waals surface area contributed by atoms with Crippen molar-refractivity contribution >= 4 is 0 Å². The van der Waals surface area contributed by atoms with Gasteiger partial charge in [0.05, 0.1) is 6.61 Å². The van der Waals surface area contributed by atoms with Crippen LogP contribution in [0.4, 0.5) is 0 Å². The Hall–Kier alpha value is -0.120. The van der Waals surface area contributed by atoms with E-state index in [1.54, 1.807) is 0 Å². The molecule has 3 N–H and O–H groups in total. The third-order valence-corrected chi connectivity index (χ3v) is 2.47. The predicted octanol–water partition coefficient (Wildman–Crippen LogP) is 0.426. The molecule has 3 heteroatoms. The van der Waals surface area contributed by atoms with Gasteiger partial charge in [-0.3, -0.25) is 4.90 Å². The van der Waals surface area contributed by atoms with E-state index in [4.69, 9.17) is 10.8 Å². The monoisotopic (exact) mass is 174 g/mol. The minimum absolute atomic E-state index is 0.130. The second-order valence-electron chi connectivity index (χ2n) is 3.16. The van der Waals surface area contributed by atoms with Gasteiger partial charge in [-0.2, -0.15) is 0 Å². The molecule has 0 saturated carbocycles. The molecule has 0 bridgehead atoms. The molecule has 0 radical (unpaired) electrons. The minimum Gasteiger partial charge on any atom is -0.395 e. The summed E-state index contributed by atoms with van der Waals surface area (Å²) in [6.45, 7) is 8.07. The van der Waals surface area contributed by atoms with Crippen molar-refractivity contribution in [1.29, 1.82) is 0 Å². The van der Waals surface area contributed by atoms with E-state index in [9.17, 15) is 0 Å². The number of aliphatic hydroxyl groups is 1. The van der Waals surface area contributed by atoms with Gasteiger partial charge < -0.3 is 10.8 Å². The molecule has 0 aliphatic rings. The smallest absolute Gasteiger partial charge is 0.0599 e. The number of hydrogen-bond acceptors (Lipinski definition) is 3. The summed E-state index contributed by atoms with van der Waals surface area (Å²) in [6, 6.07) is 0.639. The molecule has 0 amide bonds. The fraction of sp³-hybridized carbons (Fsp3) is 1.00. The van der Waals surface area contributed by atoms with Crippen LogP contribution in [0.15, 0.2) is 0 Å². The van der Waals surface area contributed by atoms with Gasteiger partial charge in [0.1, 0.15) is 0 Å². The molecule has 2 unspecified atom stereocenters. The van der Waals surface area contributed by atoms with E-state index >= 15 is 0 Å². The highest BCUT2D eigenvalue weighted by Gasteiger charge is 2.18. The summed E-state index contributed by atoms with van der Waals surface area (Å²) in [6.07, 6.45) is 1.10. The SMILES string of the molecule is CCC(C)N(CC)C(CN)CO. The van der Waals surface area contributed by atoms with Crippen LogP contribution in [0.3, 0.4) is 0 Å². The van der Waals surface area contributed by atoms with Crippen molar-refractivity contribution in [2.24, 2.45) is 5.73 Å². The van der Waals surface area contributed by atoms with Crippen LogP contribution >= 0.6 is 0 Å². The fourth-order valence-electron chi connectivity index (χ4n) is 1.48. The van der Waals surface area contributed by atoms with Crippen molar-refractivity contribution in [3.05, 3.63) is 0 Å². The van der Waals surface area contributed by atoms with Crippen LogP contribution in [0.2, 0.25) is 0 Å². The zero-order chi connectivity index (χ0) is 9.56. The number of hydrogen-bond donors (Lipinski definition) is 2. The van der Waals surface area contributed by atoms with E-state index < -0.39 is 0 Å². The first-order valence-corrected chi connectivity index (χ1v) is 4.77. The first kappa shape index (κ1) is 11.9. The Morgan fingerprint density at radius 1 is 1.42 bits per heavy atom. The van der Waals surface area contributed by atoms with Gasteiger partial charge in [-0.05, 0) is 19.9 Å². The maximum absolute atomic E-state index is 9.05. The summed E-state index contributed by atoms with van der Waals surface area (Å²) in [5.74, 6) is 0. The minimum atomic E-state index is 0.130. The average Bonchev–Trinajstić information content (AvgIpc) is 2.12. The fourth-order valence-corrected chi connectivity index (χ4v) is 1.48. The molecule has 0 aliphatic heterocycles. The van der Waals surface area contributed by atoms with Crippen molar-refractivity contribution < 1.29 is 5.11 Å². The molecule has 0 heterocycles. The molecule has 2 atom stereocenters. The Bertz CT molecular complexity index is 105. The van der Waals surface area contributed by atoms with Crippen LogP contribution in [0.25, 0.3) is 0 Å². The predicted molar refractivity (Wildman–Crippen MR) is 52.1 cm³/mol. The summed E-state index contributed by atoms with van der Waals surface area (Å²) in [5, 5.41) is 9.05. The van der Waals surface area contributed by atoms with E-state index in [1.165, 1.54) is 0 Å². The molecule has 0 fully saturated rings. The Morgan fingerprint density at radius 3 is 2.25 bits per heavy atom. The van der Waals surface area contributed by atoms with Crippen molar-refractivity contribution in [2.75, 3.05) is 19.7 Å². The van der Waals surface area contributed by atoms with Gasteiger partial charge in [-0.25, -0.2) is 0 Å². The Balaban J connectivity index is 4.09. The molecule has 74 valence electrons. The average molecular weight is 174 g/mol. The molecule has 0 aromatic heterocycles. The zero-order valence-electron chi connectivity index (χ0n) is 8.45. The first-order chi connectivity index (χ1) is 5.71. The molecular formula is C9H22N2O. The lowest BCUT2D eigenvalue weighted by molar-refractivity contribution is 0.0971. The van der Waals surface area contributed by atoms with Crippen molar-refractivity contribution in [3.63, 3.8) is 0 Å². The normalized spacial score (nSPS) is 16.5. The topological polar surface area (TPSA) is 49.5 Å². The van der Waals surface area contributed by atoms with E-state index in [2.05, 4.69) is 25.7 Å². The molecule has 0 aromatic carbocycles. The third-order valence-electron chi connectivity index (χ3n) is 2.47. The lowest BCUT2D eigenvalue weighted by Gasteiger charge is -2.33. The molecule has 0 aliphatic carbocycles. The Morgan fingerprint density at radius 2 is 2.00 bits per heavy atom. The quantitative estimate of drug-likeness (QED) is 0.614. The van der Waals surface area contributed by atoms with Crippen molar-refractivity contribution in [1.82, 2.24) is 4.90 Å². The Labute approximate surface area is 75.6 Å². The third kappa shape index (κ3) is 3.09. The van der Waals surface area contributed by atoms with Gasteiger partial charge in [-0.1, -0.05) is 13.8 Å². The molecule has 12 heavy (non-hydrogen) atoms. The summed E-state index contributed by atoms with van der Waals surface area (Å²) >= 11 is 0. The standard InChI is InChI=1S/C9H22N2O/c1-4-8(3)11(5-2)9(6-10)7-12/h8-9,12H,4-7,10H2,1-3H3. The number of aliphatic hydroxyl groups excluding tert-OH is 1. The lowest BCUT2D eigenvalue weighted by atomic mass is 10.1. The van der Waals surface area contributed by atoms with Gasteiger partial charge in [0, 0.05) is 18.6 Å². The largest absolute Gasteiger partial charge is 0.395 e. The molecular weight excluding hydrogens is 152 g/mol. The summed E-state index contributed by atoms with van der Waals surface area (Å²) in [7, 11) is 0. The second-order valence-corrected chi connectivity index (χ2v) is 3.16. The number of rotatable bonds is 6. The summed E-state index contributed by atoms with van der Waals surface area (Å²) < 4.78 is 0. The Kier molecular flexibility index (Phi) is 6.34. The van der Waals surface area contributed by atoms with Crippen LogP contribution in [0, 0.1) is 0 Å². The van der Waals surface area contributed by atoms with Crippen LogP contribution < -0.4 is 5.73 Å². The van der Waals surface area contributed by atoms with Gasteiger partial charge in [0.25, 0.3) is 0 Å². The number of nitrogens with zero attached hydrogens (tertiary/aromatic N) is 1. The van der Waals surface area contributed by atoms with Crippen LogP contribution in [0.5, 0.6) is 0 Å². The molecule has 0 spiro atoms. The van der Waals surface area contributed by atoms with Crippen LogP contribution in [0.1, 0.15) is 27.2 Å². The van der Waals surface area contributed by atoms with E-state index in [0.29, 0.717) is 12.6 Å². The van der Waals surface area contributed by atoms with Gasteiger partial charge in [0.15, 0.2) is 0 Å². The van der Waals surface area contributed by atoms with Gasteiger partial charge in [-0.15, -0.1) is 0 Å². The maximum atomic E-state index is 9.05.